The van der Waals surface area contributed by atoms with E-state index in [0.29, 0.717) is 30.3 Å². The van der Waals surface area contributed by atoms with Gasteiger partial charge in [-0.2, -0.15) is 13.2 Å². The van der Waals surface area contributed by atoms with Crippen molar-refractivity contribution in [1.29, 1.82) is 0 Å². The molecule has 0 aliphatic carbocycles. The molecule has 0 amide bonds. The van der Waals surface area contributed by atoms with Gasteiger partial charge in [-0.25, -0.2) is 9.59 Å². The Hall–Kier alpha value is -4.59. The van der Waals surface area contributed by atoms with Crippen molar-refractivity contribution in [1.82, 2.24) is 4.90 Å². The van der Waals surface area contributed by atoms with Crippen molar-refractivity contribution in [3.8, 4) is 11.5 Å². The van der Waals surface area contributed by atoms with Gasteiger partial charge in [-0.3, -0.25) is 10.1 Å². The van der Waals surface area contributed by atoms with E-state index in [-0.39, 0.29) is 31.2 Å². The third kappa shape index (κ3) is 6.91. The highest BCUT2D eigenvalue weighted by molar-refractivity contribution is 6.14. The first-order chi connectivity index (χ1) is 20.4. The highest BCUT2D eigenvalue weighted by Crippen LogP contribution is 2.45. The molecule has 0 saturated carbocycles. The SMILES string of the molecule is CCOC(=O)C1=C(C(F)(F)F)N(CCc2ccc(OCC3CO3)c(OC)c2)C(C)C(C(=O)O)=C1c1cccc([N+](=O)[O-])c1. The first-order valence-corrected chi connectivity index (χ1v) is 13.3. The molecule has 2 aromatic rings. The molecule has 2 aliphatic heterocycles. The largest absolute Gasteiger partial charge is 0.493 e. The maximum atomic E-state index is 14.9. The van der Waals surface area contributed by atoms with Gasteiger partial charge in [0.2, 0.25) is 0 Å². The minimum atomic E-state index is -5.13. The molecule has 2 atom stereocenters. The Morgan fingerprint density at radius 3 is 2.49 bits per heavy atom. The van der Waals surface area contributed by atoms with Gasteiger partial charge in [0.05, 0.1) is 42.4 Å². The average Bonchev–Trinajstić information content (AvgIpc) is 3.79. The van der Waals surface area contributed by atoms with Crippen LogP contribution < -0.4 is 9.47 Å². The summed E-state index contributed by atoms with van der Waals surface area (Å²) in [5.41, 5.74) is -3.74. The number of epoxide rings is 1. The number of non-ortho nitro benzene ring substituents is 1. The summed E-state index contributed by atoms with van der Waals surface area (Å²) >= 11 is 0. The summed E-state index contributed by atoms with van der Waals surface area (Å²) in [4.78, 5) is 37.2. The summed E-state index contributed by atoms with van der Waals surface area (Å²) < 4.78 is 65.7. The number of nitro groups is 1. The first-order valence-electron chi connectivity index (χ1n) is 13.3. The standard InChI is InChI=1S/C29H29F3N2O9/c1-4-41-28(37)25-24(18-6-5-7-19(13-18)34(38)39)23(27(35)36)16(2)33(26(25)29(30,31)32)11-10-17-8-9-21(22(12-17)40-3)43-15-20-14-42-20/h5-9,12-13,16,20H,4,10-11,14-15H2,1-3H3,(H,35,36). The zero-order valence-electron chi connectivity index (χ0n) is 23.5. The number of allylic oxidation sites excluding steroid dienone is 1. The van der Waals surface area contributed by atoms with Crippen LogP contribution in [-0.4, -0.2) is 78.7 Å². The van der Waals surface area contributed by atoms with E-state index in [2.05, 4.69) is 0 Å². The Morgan fingerprint density at radius 1 is 1.19 bits per heavy atom. The fourth-order valence-electron chi connectivity index (χ4n) is 4.91. The summed E-state index contributed by atoms with van der Waals surface area (Å²) in [5.74, 6) is -2.23. The van der Waals surface area contributed by atoms with E-state index >= 15 is 0 Å². The molecule has 0 spiro atoms. The van der Waals surface area contributed by atoms with Gasteiger partial charge in [0.25, 0.3) is 5.69 Å². The number of methoxy groups -OCH3 is 1. The van der Waals surface area contributed by atoms with Crippen molar-refractivity contribution in [3.63, 3.8) is 0 Å². The number of alkyl halides is 3. The number of ether oxygens (including phenoxy) is 4. The lowest BCUT2D eigenvalue weighted by Gasteiger charge is -2.40. The second kappa shape index (κ2) is 12.7. The number of hydrogen-bond donors (Lipinski definition) is 1. The Labute approximate surface area is 244 Å². The van der Waals surface area contributed by atoms with Gasteiger partial charge in [0.1, 0.15) is 18.4 Å². The molecule has 0 aromatic heterocycles. The highest BCUT2D eigenvalue weighted by Gasteiger charge is 2.49. The minimum absolute atomic E-state index is 0.00143. The fraction of sp³-hybridized carbons (Fsp3) is 0.379. The third-order valence-electron chi connectivity index (χ3n) is 6.95. The molecule has 2 aliphatic rings. The number of esters is 1. The third-order valence-corrected chi connectivity index (χ3v) is 6.95. The van der Waals surface area contributed by atoms with Crippen LogP contribution in [0, 0.1) is 10.1 Å². The molecule has 0 bridgehead atoms. The summed E-state index contributed by atoms with van der Waals surface area (Å²) in [6, 6.07) is 7.91. The zero-order valence-corrected chi connectivity index (χ0v) is 23.5. The number of carbonyl (C=O) groups is 2. The lowest BCUT2D eigenvalue weighted by molar-refractivity contribution is -0.384. The second-order valence-corrected chi connectivity index (χ2v) is 9.71. The summed E-state index contributed by atoms with van der Waals surface area (Å²) in [6.07, 6.45) is -5.14. The van der Waals surface area contributed by atoms with Crippen LogP contribution in [0.1, 0.15) is 25.0 Å². The maximum Gasteiger partial charge on any atom is 0.432 e. The molecule has 0 radical (unpaired) electrons. The molecule has 1 fully saturated rings. The lowest BCUT2D eigenvalue weighted by atomic mass is 9.83. The van der Waals surface area contributed by atoms with E-state index in [1.807, 2.05) is 0 Å². The van der Waals surface area contributed by atoms with Crippen LogP contribution in [0.2, 0.25) is 0 Å². The molecule has 2 heterocycles. The van der Waals surface area contributed by atoms with Crippen LogP contribution in [0.15, 0.2) is 59.3 Å². The molecule has 14 heteroatoms. The van der Waals surface area contributed by atoms with Crippen molar-refractivity contribution in [2.24, 2.45) is 0 Å². The van der Waals surface area contributed by atoms with Crippen molar-refractivity contribution in [2.45, 2.75) is 38.6 Å². The Kier molecular flexibility index (Phi) is 9.28. The molecule has 4 rings (SSSR count). The number of hydrogen-bond acceptors (Lipinski definition) is 9. The predicted octanol–water partition coefficient (Wildman–Crippen LogP) is 4.55. The van der Waals surface area contributed by atoms with Gasteiger partial charge in [0.15, 0.2) is 11.5 Å². The van der Waals surface area contributed by atoms with Crippen LogP contribution in [0.4, 0.5) is 18.9 Å². The first kappa shape index (κ1) is 31.3. The van der Waals surface area contributed by atoms with Gasteiger partial charge >= 0.3 is 18.1 Å². The van der Waals surface area contributed by atoms with E-state index in [4.69, 9.17) is 18.9 Å². The molecule has 43 heavy (non-hydrogen) atoms. The topological polar surface area (TPSA) is 141 Å². The lowest BCUT2D eigenvalue weighted by Crippen LogP contribution is -2.47. The Bertz CT molecular complexity index is 1480. The Balaban J connectivity index is 1.81. The fourth-order valence-corrected chi connectivity index (χ4v) is 4.91. The number of carboxylic acids is 1. The molecule has 1 N–H and O–H groups in total. The number of benzene rings is 2. The van der Waals surface area contributed by atoms with Gasteiger partial charge < -0.3 is 29.0 Å². The van der Waals surface area contributed by atoms with E-state index < -0.39 is 57.2 Å². The highest BCUT2D eigenvalue weighted by atomic mass is 19.4. The quantitative estimate of drug-likeness (QED) is 0.158. The summed E-state index contributed by atoms with van der Waals surface area (Å²) in [7, 11) is 1.42. The van der Waals surface area contributed by atoms with Gasteiger partial charge in [-0.05, 0) is 43.5 Å². The zero-order chi connectivity index (χ0) is 31.5. The summed E-state index contributed by atoms with van der Waals surface area (Å²) in [5, 5.41) is 21.6. The Morgan fingerprint density at radius 2 is 1.91 bits per heavy atom. The molecule has 2 aromatic carbocycles. The molecular weight excluding hydrogens is 577 g/mol. The van der Waals surface area contributed by atoms with E-state index in [1.165, 1.54) is 33.1 Å². The second-order valence-electron chi connectivity index (χ2n) is 9.71. The normalized spacial score (nSPS) is 18.4. The van der Waals surface area contributed by atoms with E-state index in [9.17, 15) is 38.0 Å². The number of carbonyl (C=O) groups excluding carboxylic acids is 1. The molecule has 230 valence electrons. The summed E-state index contributed by atoms with van der Waals surface area (Å²) in [6.45, 7) is 2.92. The van der Waals surface area contributed by atoms with Gasteiger partial charge in [-0.1, -0.05) is 18.2 Å². The van der Waals surface area contributed by atoms with Crippen molar-refractivity contribution < 1.29 is 51.7 Å². The van der Waals surface area contributed by atoms with Crippen LogP contribution in [0.25, 0.3) is 5.57 Å². The number of nitrogens with zero attached hydrogens (tertiary/aromatic N) is 2. The number of nitro benzene ring substituents is 1. The van der Waals surface area contributed by atoms with E-state index in [0.717, 1.165) is 17.0 Å². The van der Waals surface area contributed by atoms with Crippen LogP contribution >= 0.6 is 0 Å². The van der Waals surface area contributed by atoms with Crippen molar-refractivity contribution in [3.05, 3.63) is 80.5 Å². The van der Waals surface area contributed by atoms with Gasteiger partial charge in [0, 0.05) is 24.3 Å². The smallest absolute Gasteiger partial charge is 0.432 e. The minimum Gasteiger partial charge on any atom is -0.493 e. The van der Waals surface area contributed by atoms with Crippen molar-refractivity contribution >= 4 is 23.2 Å². The number of rotatable bonds is 12. The number of carboxylic acid groups (broad SMARTS) is 1. The monoisotopic (exact) mass is 606 g/mol. The van der Waals surface area contributed by atoms with E-state index in [1.54, 1.807) is 18.2 Å². The predicted molar refractivity (Wildman–Crippen MR) is 145 cm³/mol. The van der Waals surface area contributed by atoms with Gasteiger partial charge in [-0.15, -0.1) is 0 Å². The van der Waals surface area contributed by atoms with Crippen LogP contribution in [0.5, 0.6) is 11.5 Å². The number of aliphatic carboxylic acids is 1. The van der Waals surface area contributed by atoms with Crippen LogP contribution in [-0.2, 0) is 25.5 Å². The van der Waals surface area contributed by atoms with Crippen molar-refractivity contribution in [2.75, 3.05) is 33.5 Å². The maximum absolute atomic E-state index is 14.9. The number of halogens is 3. The average molecular weight is 607 g/mol. The molecule has 1 saturated heterocycles. The molecule has 2 unspecified atom stereocenters. The van der Waals surface area contributed by atoms with Crippen LogP contribution in [0.3, 0.4) is 0 Å². The molecular formula is C29H29F3N2O9. The molecule has 11 nitrogen and oxygen atoms in total.